The van der Waals surface area contributed by atoms with Crippen molar-refractivity contribution in [3.05, 3.63) is 0 Å². The quantitative estimate of drug-likeness (QED) is 0.719. The monoisotopic (exact) mass is 230 g/mol. The minimum Gasteiger partial charge on any atom is -0.341 e. The van der Waals surface area contributed by atoms with Crippen molar-refractivity contribution >= 4 is 18.5 Å². The van der Waals surface area contributed by atoms with Crippen LogP contribution in [0.1, 0.15) is 26.7 Å². The van der Waals surface area contributed by atoms with Gasteiger partial charge in [0.1, 0.15) is 0 Å². The number of hydrogen-bond acceptors (Lipinski definition) is 3. The zero-order valence-electron chi connectivity index (χ0n) is 9.78. The van der Waals surface area contributed by atoms with Crippen molar-refractivity contribution in [3.63, 3.8) is 0 Å². The van der Waals surface area contributed by atoms with Gasteiger partial charge in [-0.2, -0.15) is 12.6 Å². The Morgan fingerprint density at radius 3 is 2.67 bits per heavy atom. The molecule has 0 spiro atoms. The van der Waals surface area contributed by atoms with Crippen LogP contribution in [0, 0.1) is 0 Å². The molecule has 0 aromatic carbocycles. The van der Waals surface area contributed by atoms with Gasteiger partial charge in [-0.1, -0.05) is 13.8 Å². The number of hydrogen-bond donors (Lipinski definition) is 1. The first-order valence-corrected chi connectivity index (χ1v) is 6.48. The number of likely N-dealkylation sites (N-methyl/N-ethyl adjacent to an activating group) is 1. The lowest BCUT2D eigenvalue weighted by molar-refractivity contribution is -0.129. The van der Waals surface area contributed by atoms with Crippen LogP contribution in [0.15, 0.2) is 0 Å². The van der Waals surface area contributed by atoms with Crippen molar-refractivity contribution in [2.24, 2.45) is 0 Å². The highest BCUT2D eigenvalue weighted by Gasteiger charge is 2.28. The Kier molecular flexibility index (Phi) is 5.47. The summed E-state index contributed by atoms with van der Waals surface area (Å²) in [7, 11) is 0. The van der Waals surface area contributed by atoms with Gasteiger partial charge in [0, 0.05) is 25.6 Å². The van der Waals surface area contributed by atoms with Gasteiger partial charge in [0.15, 0.2) is 0 Å². The fraction of sp³-hybridized carbons (Fsp3) is 0.909. The molecule has 1 heterocycles. The molecule has 4 heteroatoms. The zero-order chi connectivity index (χ0) is 11.3. The topological polar surface area (TPSA) is 23.6 Å². The van der Waals surface area contributed by atoms with Gasteiger partial charge in [0.25, 0.3) is 0 Å². The van der Waals surface area contributed by atoms with E-state index in [9.17, 15) is 4.79 Å². The van der Waals surface area contributed by atoms with Gasteiger partial charge in [-0.05, 0) is 25.3 Å². The van der Waals surface area contributed by atoms with Crippen LogP contribution in [-0.2, 0) is 4.79 Å². The van der Waals surface area contributed by atoms with Gasteiger partial charge < -0.3 is 4.90 Å². The average molecular weight is 230 g/mol. The third-order valence-corrected chi connectivity index (χ3v) is 3.39. The molecule has 0 radical (unpaired) electrons. The number of amides is 1. The molecule has 0 aliphatic carbocycles. The molecule has 1 aliphatic heterocycles. The predicted octanol–water partition coefficient (Wildman–Crippen LogP) is 1.25. The molecule has 0 aromatic rings. The van der Waals surface area contributed by atoms with Gasteiger partial charge >= 0.3 is 0 Å². The molecule has 0 bridgehead atoms. The van der Waals surface area contributed by atoms with E-state index in [0.717, 1.165) is 32.6 Å². The summed E-state index contributed by atoms with van der Waals surface area (Å²) in [5, 5.41) is 0. The van der Waals surface area contributed by atoms with Crippen molar-refractivity contribution in [2.45, 2.75) is 32.7 Å². The second-order valence-electron chi connectivity index (χ2n) is 3.98. The lowest BCUT2D eigenvalue weighted by Gasteiger charge is -2.26. The van der Waals surface area contributed by atoms with Crippen molar-refractivity contribution in [1.82, 2.24) is 9.80 Å². The third kappa shape index (κ3) is 3.38. The molecule has 3 nitrogen and oxygen atoms in total. The lowest BCUT2D eigenvalue weighted by Crippen LogP contribution is -2.38. The highest BCUT2D eigenvalue weighted by molar-refractivity contribution is 7.80. The van der Waals surface area contributed by atoms with Crippen LogP contribution in [0.3, 0.4) is 0 Å². The molecular weight excluding hydrogens is 208 g/mol. The summed E-state index contributed by atoms with van der Waals surface area (Å²) in [5.41, 5.74) is 0. The molecular formula is C11H22N2OS. The summed E-state index contributed by atoms with van der Waals surface area (Å²) < 4.78 is 0. The standard InChI is InChI=1S/C11H22N2OS/c1-3-12(4-2)10-5-7-13(9-10)11(14)6-8-15/h10,15H,3-9H2,1-2H3. The van der Waals surface area contributed by atoms with Crippen LogP contribution in [0.4, 0.5) is 0 Å². The Hall–Kier alpha value is -0.220. The molecule has 1 unspecified atom stereocenters. The van der Waals surface area contributed by atoms with E-state index in [1.807, 2.05) is 4.90 Å². The normalized spacial score (nSPS) is 21.3. The first-order valence-electron chi connectivity index (χ1n) is 5.85. The van der Waals surface area contributed by atoms with E-state index in [4.69, 9.17) is 0 Å². The molecule has 88 valence electrons. The number of carbonyl (C=O) groups excluding carboxylic acids is 1. The van der Waals surface area contributed by atoms with Crippen molar-refractivity contribution < 1.29 is 4.79 Å². The molecule has 1 atom stereocenters. The Labute approximate surface area is 98.2 Å². The van der Waals surface area contributed by atoms with Crippen LogP contribution in [0.2, 0.25) is 0 Å². The van der Waals surface area contributed by atoms with E-state index in [1.165, 1.54) is 0 Å². The second-order valence-corrected chi connectivity index (χ2v) is 4.42. The first kappa shape index (κ1) is 12.8. The molecule has 1 aliphatic rings. The van der Waals surface area contributed by atoms with E-state index < -0.39 is 0 Å². The smallest absolute Gasteiger partial charge is 0.223 e. The molecule has 0 saturated carbocycles. The summed E-state index contributed by atoms with van der Waals surface area (Å²) in [6.45, 7) is 8.36. The van der Waals surface area contributed by atoms with E-state index >= 15 is 0 Å². The maximum absolute atomic E-state index is 11.6. The van der Waals surface area contributed by atoms with Crippen LogP contribution >= 0.6 is 12.6 Å². The van der Waals surface area contributed by atoms with Crippen molar-refractivity contribution in [1.29, 1.82) is 0 Å². The van der Waals surface area contributed by atoms with Crippen LogP contribution in [0.25, 0.3) is 0 Å². The minimum atomic E-state index is 0.264. The summed E-state index contributed by atoms with van der Waals surface area (Å²) in [6, 6.07) is 0.573. The predicted molar refractivity (Wildman–Crippen MR) is 66.4 cm³/mol. The van der Waals surface area contributed by atoms with E-state index in [-0.39, 0.29) is 5.91 Å². The fourth-order valence-corrected chi connectivity index (χ4v) is 2.45. The fourth-order valence-electron chi connectivity index (χ4n) is 2.26. The van der Waals surface area contributed by atoms with Crippen LogP contribution in [0.5, 0.6) is 0 Å². The third-order valence-electron chi connectivity index (χ3n) is 3.17. The Bertz CT molecular complexity index is 207. The number of thiol groups is 1. The molecule has 0 N–H and O–H groups in total. The number of carbonyl (C=O) groups is 1. The summed E-state index contributed by atoms with van der Waals surface area (Å²) in [4.78, 5) is 16.1. The number of nitrogens with zero attached hydrogens (tertiary/aromatic N) is 2. The number of likely N-dealkylation sites (tertiary alicyclic amines) is 1. The van der Waals surface area contributed by atoms with Gasteiger partial charge in [-0.25, -0.2) is 0 Å². The SMILES string of the molecule is CCN(CC)C1CCN(C(=O)CCS)C1. The molecule has 1 saturated heterocycles. The maximum Gasteiger partial charge on any atom is 0.223 e. The minimum absolute atomic E-state index is 0.264. The summed E-state index contributed by atoms with van der Waals surface area (Å²) in [6.07, 6.45) is 1.70. The number of rotatable bonds is 5. The Balaban J connectivity index is 2.41. The zero-order valence-corrected chi connectivity index (χ0v) is 10.7. The molecule has 1 amide bonds. The van der Waals surface area contributed by atoms with Crippen molar-refractivity contribution in [3.8, 4) is 0 Å². The van der Waals surface area contributed by atoms with Gasteiger partial charge in [0.2, 0.25) is 5.91 Å². The molecule has 1 fully saturated rings. The van der Waals surface area contributed by atoms with Crippen molar-refractivity contribution in [2.75, 3.05) is 31.9 Å². The molecule has 15 heavy (non-hydrogen) atoms. The Morgan fingerprint density at radius 2 is 2.13 bits per heavy atom. The average Bonchev–Trinajstić information content (AvgIpc) is 2.69. The highest BCUT2D eigenvalue weighted by atomic mass is 32.1. The van der Waals surface area contributed by atoms with Gasteiger partial charge in [-0.15, -0.1) is 0 Å². The molecule has 0 aromatic heterocycles. The van der Waals surface area contributed by atoms with E-state index in [2.05, 4.69) is 31.4 Å². The maximum atomic E-state index is 11.6. The summed E-state index contributed by atoms with van der Waals surface area (Å²) in [5.74, 6) is 0.922. The van der Waals surface area contributed by atoms with Crippen LogP contribution < -0.4 is 0 Å². The largest absolute Gasteiger partial charge is 0.341 e. The van der Waals surface area contributed by atoms with Crippen LogP contribution in [-0.4, -0.2) is 53.7 Å². The van der Waals surface area contributed by atoms with Gasteiger partial charge in [0.05, 0.1) is 0 Å². The molecule has 1 rings (SSSR count). The lowest BCUT2D eigenvalue weighted by atomic mass is 10.2. The first-order chi connectivity index (χ1) is 7.22. The highest BCUT2D eigenvalue weighted by Crippen LogP contribution is 2.16. The Morgan fingerprint density at radius 1 is 1.47 bits per heavy atom. The van der Waals surface area contributed by atoms with Gasteiger partial charge in [-0.3, -0.25) is 9.69 Å². The second kappa shape index (κ2) is 6.38. The summed E-state index contributed by atoms with van der Waals surface area (Å²) >= 11 is 4.09. The van der Waals surface area contributed by atoms with E-state index in [0.29, 0.717) is 18.2 Å². The van der Waals surface area contributed by atoms with E-state index in [1.54, 1.807) is 0 Å².